The topological polar surface area (TPSA) is 59.2 Å². The summed E-state index contributed by atoms with van der Waals surface area (Å²) in [5.74, 6) is 0.412. The number of hydrogen-bond acceptors (Lipinski definition) is 3. The first-order valence-corrected chi connectivity index (χ1v) is 5.79. The number of rotatable bonds is 1. The summed E-state index contributed by atoms with van der Waals surface area (Å²) in [6.45, 7) is 1.69. The van der Waals surface area contributed by atoms with Crippen molar-refractivity contribution in [2.45, 2.75) is 25.7 Å². The SMILES string of the molecule is Cl.Nc1cccc(C(=O)N2CCCCCC2)n1. The van der Waals surface area contributed by atoms with Crippen LogP contribution in [0.1, 0.15) is 36.2 Å². The maximum Gasteiger partial charge on any atom is 0.272 e. The quantitative estimate of drug-likeness (QED) is 0.836. The molecule has 1 saturated heterocycles. The third kappa shape index (κ3) is 3.60. The number of amides is 1. The van der Waals surface area contributed by atoms with Crippen molar-refractivity contribution in [2.24, 2.45) is 0 Å². The molecule has 5 heteroatoms. The van der Waals surface area contributed by atoms with Crippen LogP contribution in [0.25, 0.3) is 0 Å². The molecule has 1 aliphatic heterocycles. The second kappa shape index (κ2) is 6.45. The highest BCUT2D eigenvalue weighted by Crippen LogP contribution is 2.12. The van der Waals surface area contributed by atoms with Crippen molar-refractivity contribution in [2.75, 3.05) is 18.8 Å². The molecule has 0 aromatic carbocycles. The van der Waals surface area contributed by atoms with Gasteiger partial charge in [-0.05, 0) is 25.0 Å². The van der Waals surface area contributed by atoms with Crippen LogP contribution in [-0.2, 0) is 0 Å². The molecular weight excluding hydrogens is 238 g/mol. The van der Waals surface area contributed by atoms with Crippen LogP contribution in [0, 0.1) is 0 Å². The second-order valence-electron chi connectivity index (χ2n) is 4.15. The van der Waals surface area contributed by atoms with Gasteiger partial charge in [-0.2, -0.15) is 0 Å². The maximum atomic E-state index is 12.1. The zero-order chi connectivity index (χ0) is 11.4. The molecule has 0 spiro atoms. The maximum absolute atomic E-state index is 12.1. The Morgan fingerprint density at radius 1 is 1.18 bits per heavy atom. The normalized spacial score (nSPS) is 15.9. The Morgan fingerprint density at radius 3 is 2.41 bits per heavy atom. The van der Waals surface area contributed by atoms with E-state index in [1.165, 1.54) is 12.8 Å². The van der Waals surface area contributed by atoms with Gasteiger partial charge in [0.05, 0.1) is 0 Å². The van der Waals surface area contributed by atoms with Gasteiger partial charge < -0.3 is 10.6 Å². The molecule has 0 radical (unpaired) electrons. The smallest absolute Gasteiger partial charge is 0.272 e. The zero-order valence-electron chi connectivity index (χ0n) is 9.76. The van der Waals surface area contributed by atoms with Gasteiger partial charge in [0, 0.05) is 13.1 Å². The lowest BCUT2D eigenvalue weighted by Gasteiger charge is -2.19. The number of halogens is 1. The molecule has 0 unspecified atom stereocenters. The predicted molar refractivity (Wildman–Crippen MR) is 70.3 cm³/mol. The lowest BCUT2D eigenvalue weighted by molar-refractivity contribution is 0.0756. The predicted octanol–water partition coefficient (Wildman–Crippen LogP) is 2.10. The van der Waals surface area contributed by atoms with Crippen LogP contribution in [0.4, 0.5) is 5.82 Å². The van der Waals surface area contributed by atoms with Crippen LogP contribution in [0.2, 0.25) is 0 Å². The van der Waals surface area contributed by atoms with Crippen molar-refractivity contribution < 1.29 is 4.79 Å². The number of pyridine rings is 1. The molecule has 0 saturated carbocycles. The Bertz CT molecular complexity index is 376. The van der Waals surface area contributed by atoms with Crippen molar-refractivity contribution >= 4 is 24.1 Å². The molecule has 1 aromatic heterocycles. The van der Waals surface area contributed by atoms with Crippen LogP contribution < -0.4 is 5.73 Å². The van der Waals surface area contributed by atoms with E-state index in [9.17, 15) is 4.79 Å². The van der Waals surface area contributed by atoms with E-state index in [1.54, 1.807) is 18.2 Å². The number of nitrogens with zero attached hydrogens (tertiary/aromatic N) is 2. The van der Waals surface area contributed by atoms with Gasteiger partial charge in [-0.25, -0.2) is 4.98 Å². The minimum atomic E-state index is 0. The van der Waals surface area contributed by atoms with Gasteiger partial charge in [-0.1, -0.05) is 18.9 Å². The highest BCUT2D eigenvalue weighted by molar-refractivity contribution is 5.92. The van der Waals surface area contributed by atoms with Gasteiger partial charge in [0.25, 0.3) is 5.91 Å². The first-order valence-electron chi connectivity index (χ1n) is 5.79. The fraction of sp³-hybridized carbons (Fsp3) is 0.500. The first kappa shape index (κ1) is 13.8. The van der Waals surface area contributed by atoms with E-state index in [2.05, 4.69) is 4.98 Å². The minimum absolute atomic E-state index is 0. The van der Waals surface area contributed by atoms with Crippen molar-refractivity contribution in [3.05, 3.63) is 23.9 Å². The fourth-order valence-electron chi connectivity index (χ4n) is 2.01. The number of carbonyl (C=O) groups excluding carboxylic acids is 1. The third-order valence-corrected chi connectivity index (χ3v) is 2.88. The number of anilines is 1. The molecule has 1 amide bonds. The second-order valence-corrected chi connectivity index (χ2v) is 4.15. The molecule has 4 nitrogen and oxygen atoms in total. The molecule has 0 atom stereocenters. The molecular formula is C12H18ClN3O. The summed E-state index contributed by atoms with van der Waals surface area (Å²) in [5, 5.41) is 0. The van der Waals surface area contributed by atoms with Gasteiger partial charge in [0.1, 0.15) is 11.5 Å². The summed E-state index contributed by atoms with van der Waals surface area (Å²) >= 11 is 0. The Morgan fingerprint density at radius 2 is 1.82 bits per heavy atom. The van der Waals surface area contributed by atoms with Gasteiger partial charge in [0.2, 0.25) is 0 Å². The van der Waals surface area contributed by atoms with Gasteiger partial charge in [-0.3, -0.25) is 4.79 Å². The summed E-state index contributed by atoms with van der Waals surface area (Å²) < 4.78 is 0. The minimum Gasteiger partial charge on any atom is -0.384 e. The van der Waals surface area contributed by atoms with Crippen molar-refractivity contribution in [3.8, 4) is 0 Å². The zero-order valence-corrected chi connectivity index (χ0v) is 10.6. The van der Waals surface area contributed by atoms with Crippen molar-refractivity contribution in [3.63, 3.8) is 0 Å². The Kier molecular flexibility index (Phi) is 5.22. The summed E-state index contributed by atoms with van der Waals surface area (Å²) in [6.07, 6.45) is 4.62. The van der Waals surface area contributed by atoms with Crippen LogP contribution in [0.3, 0.4) is 0 Å². The van der Waals surface area contributed by atoms with Gasteiger partial charge in [-0.15, -0.1) is 12.4 Å². The fourth-order valence-corrected chi connectivity index (χ4v) is 2.01. The molecule has 0 aliphatic carbocycles. The van der Waals surface area contributed by atoms with E-state index >= 15 is 0 Å². The molecule has 17 heavy (non-hydrogen) atoms. The van der Waals surface area contributed by atoms with Crippen LogP contribution in [0.15, 0.2) is 18.2 Å². The molecule has 2 heterocycles. The van der Waals surface area contributed by atoms with E-state index in [4.69, 9.17) is 5.73 Å². The van der Waals surface area contributed by atoms with E-state index in [1.807, 2.05) is 4.90 Å². The van der Waals surface area contributed by atoms with Gasteiger partial charge in [0.15, 0.2) is 0 Å². The van der Waals surface area contributed by atoms with E-state index < -0.39 is 0 Å². The van der Waals surface area contributed by atoms with Crippen molar-refractivity contribution in [1.82, 2.24) is 9.88 Å². The number of aromatic nitrogens is 1. The molecule has 0 bridgehead atoms. The lowest BCUT2D eigenvalue weighted by atomic mass is 10.2. The number of likely N-dealkylation sites (tertiary alicyclic amines) is 1. The van der Waals surface area contributed by atoms with E-state index in [0.717, 1.165) is 25.9 Å². The monoisotopic (exact) mass is 255 g/mol. The Balaban J connectivity index is 0.00000144. The average molecular weight is 256 g/mol. The summed E-state index contributed by atoms with van der Waals surface area (Å²) in [5.41, 5.74) is 6.04. The summed E-state index contributed by atoms with van der Waals surface area (Å²) in [4.78, 5) is 18.1. The lowest BCUT2D eigenvalue weighted by Crippen LogP contribution is -2.32. The molecule has 94 valence electrons. The van der Waals surface area contributed by atoms with Crippen LogP contribution in [0.5, 0.6) is 0 Å². The molecule has 1 aromatic rings. The largest absolute Gasteiger partial charge is 0.384 e. The number of nitrogens with two attached hydrogens (primary N) is 1. The average Bonchev–Trinajstić information content (AvgIpc) is 2.56. The Labute approximate surface area is 108 Å². The molecule has 2 N–H and O–H groups in total. The Hall–Kier alpha value is -1.29. The number of carbonyl (C=O) groups is 1. The van der Waals surface area contributed by atoms with Gasteiger partial charge >= 0.3 is 0 Å². The third-order valence-electron chi connectivity index (χ3n) is 2.88. The molecule has 1 fully saturated rings. The highest BCUT2D eigenvalue weighted by atomic mass is 35.5. The molecule has 1 aliphatic rings. The number of nitrogen functional groups attached to an aromatic ring is 1. The van der Waals surface area contributed by atoms with Crippen molar-refractivity contribution in [1.29, 1.82) is 0 Å². The van der Waals surface area contributed by atoms with E-state index in [-0.39, 0.29) is 18.3 Å². The van der Waals surface area contributed by atoms with Crippen LogP contribution in [-0.4, -0.2) is 28.9 Å². The molecule has 2 rings (SSSR count). The highest BCUT2D eigenvalue weighted by Gasteiger charge is 2.18. The number of hydrogen-bond donors (Lipinski definition) is 1. The summed E-state index contributed by atoms with van der Waals surface area (Å²) in [7, 11) is 0. The summed E-state index contributed by atoms with van der Waals surface area (Å²) in [6, 6.07) is 5.19. The first-order chi connectivity index (χ1) is 7.77. The standard InChI is InChI=1S/C12H17N3O.ClH/c13-11-7-5-6-10(14-11)12(16)15-8-3-1-2-4-9-15;/h5-7H,1-4,8-9H2,(H2,13,14);1H. The van der Waals surface area contributed by atoms with Crippen LogP contribution >= 0.6 is 12.4 Å². The van der Waals surface area contributed by atoms with E-state index in [0.29, 0.717) is 11.5 Å².